The maximum absolute atomic E-state index is 12.6. The first kappa shape index (κ1) is 26.6. The number of carbonyl (C=O) groups excluding carboxylic acids is 2. The van der Waals surface area contributed by atoms with E-state index in [2.05, 4.69) is 5.32 Å². The molecule has 0 saturated heterocycles. The van der Waals surface area contributed by atoms with E-state index in [1.54, 1.807) is 37.3 Å². The molecular formula is C20H31N3O8. The van der Waals surface area contributed by atoms with Crippen LogP contribution in [-0.4, -0.2) is 73.8 Å². The Bertz CT molecular complexity index is 743. The second kappa shape index (κ2) is 11.8. The van der Waals surface area contributed by atoms with E-state index >= 15 is 0 Å². The summed E-state index contributed by atoms with van der Waals surface area (Å²) >= 11 is 0. The lowest BCUT2D eigenvalue weighted by Crippen LogP contribution is -2.66. The number of carboxylic acids is 1. The maximum atomic E-state index is 12.6. The van der Waals surface area contributed by atoms with Crippen molar-refractivity contribution in [1.82, 2.24) is 5.32 Å². The zero-order valence-corrected chi connectivity index (χ0v) is 17.2. The Balaban J connectivity index is 3.03. The van der Waals surface area contributed by atoms with E-state index in [-0.39, 0.29) is 6.42 Å². The largest absolute Gasteiger partial charge is 0.481 e. The number of Topliss-reactive ketones (excluding diaryl/α,β-unsaturated/α-hetero) is 1. The number of rotatable bonds is 13. The fourth-order valence-corrected chi connectivity index (χ4v) is 3.10. The molecule has 0 aliphatic carbocycles. The molecule has 31 heavy (non-hydrogen) atoms. The summed E-state index contributed by atoms with van der Waals surface area (Å²) in [5.41, 5.74) is 8.55. The quantitative estimate of drug-likeness (QED) is 0.157. The lowest BCUT2D eigenvalue weighted by molar-refractivity contribution is -0.172. The molecule has 1 rings (SSSR count). The van der Waals surface area contributed by atoms with Gasteiger partial charge in [-0.25, -0.2) is 0 Å². The van der Waals surface area contributed by atoms with Gasteiger partial charge in [0.15, 0.2) is 5.78 Å². The second-order valence-electron chi connectivity index (χ2n) is 7.38. The summed E-state index contributed by atoms with van der Waals surface area (Å²) < 4.78 is 0. The van der Waals surface area contributed by atoms with Crippen LogP contribution in [0.1, 0.15) is 37.8 Å². The van der Waals surface area contributed by atoms with Crippen LogP contribution in [0.3, 0.4) is 0 Å². The summed E-state index contributed by atoms with van der Waals surface area (Å²) in [6, 6.07) is 5.87. The summed E-state index contributed by atoms with van der Waals surface area (Å²) in [7, 11) is 0. The molecule has 1 aromatic carbocycles. The third-order valence-corrected chi connectivity index (χ3v) is 4.96. The zero-order chi connectivity index (χ0) is 23.8. The van der Waals surface area contributed by atoms with Crippen LogP contribution in [0.5, 0.6) is 0 Å². The molecule has 11 nitrogen and oxygen atoms in total. The standard InChI is InChI=1S/C20H31N3O8/c1-2-6-13(21)16(27)12(10-24)17(28)18(29)20(22,31)19(30)23-14(9-15(25)26)11-7-4-3-5-8-11/h3-5,7-8,12-14,17-18,24,28-29,31H,2,6,9-10,21-22H2,1H3,(H,23,30)(H,25,26)/t12-,13?,14?,17-,18-,20+/m1/s1. The highest BCUT2D eigenvalue weighted by Gasteiger charge is 2.48. The van der Waals surface area contributed by atoms with Crippen LogP contribution in [0, 0.1) is 5.92 Å². The summed E-state index contributed by atoms with van der Waals surface area (Å²) in [5.74, 6) is -4.98. The van der Waals surface area contributed by atoms with E-state index in [9.17, 15) is 34.8 Å². The van der Waals surface area contributed by atoms with Crippen LogP contribution in [0.15, 0.2) is 30.3 Å². The van der Waals surface area contributed by atoms with Gasteiger partial charge in [0.2, 0.25) is 5.72 Å². The van der Waals surface area contributed by atoms with E-state index in [1.807, 2.05) is 0 Å². The Hall–Kier alpha value is -2.41. The first-order chi connectivity index (χ1) is 14.5. The van der Waals surface area contributed by atoms with Crippen molar-refractivity contribution in [2.75, 3.05) is 6.61 Å². The van der Waals surface area contributed by atoms with E-state index in [0.717, 1.165) is 0 Å². The normalized spacial score (nSPS) is 18.2. The van der Waals surface area contributed by atoms with Crippen LogP contribution in [0.4, 0.5) is 0 Å². The topological polar surface area (TPSA) is 216 Å². The molecule has 1 amide bonds. The van der Waals surface area contributed by atoms with Crippen LogP contribution in [0.2, 0.25) is 0 Å². The van der Waals surface area contributed by atoms with Crippen LogP contribution in [0.25, 0.3) is 0 Å². The molecule has 10 N–H and O–H groups in total. The predicted molar refractivity (Wildman–Crippen MR) is 109 cm³/mol. The van der Waals surface area contributed by atoms with Crippen molar-refractivity contribution in [3.05, 3.63) is 35.9 Å². The fourth-order valence-electron chi connectivity index (χ4n) is 3.10. The molecule has 6 atom stereocenters. The van der Waals surface area contributed by atoms with E-state index in [1.165, 1.54) is 0 Å². The summed E-state index contributed by atoms with van der Waals surface area (Å²) in [4.78, 5) is 36.1. The van der Waals surface area contributed by atoms with Gasteiger partial charge in [-0.15, -0.1) is 0 Å². The van der Waals surface area contributed by atoms with Crippen LogP contribution < -0.4 is 16.8 Å². The number of nitrogens with two attached hydrogens (primary N) is 2. The lowest BCUT2D eigenvalue weighted by atomic mass is 9.85. The average molecular weight is 441 g/mol. The van der Waals surface area contributed by atoms with Crippen molar-refractivity contribution in [2.24, 2.45) is 17.4 Å². The van der Waals surface area contributed by atoms with Gasteiger partial charge >= 0.3 is 5.97 Å². The number of nitrogens with one attached hydrogen (secondary N) is 1. The van der Waals surface area contributed by atoms with E-state index in [0.29, 0.717) is 12.0 Å². The Morgan fingerprint density at radius 3 is 2.23 bits per heavy atom. The number of aliphatic hydroxyl groups excluding tert-OH is 3. The average Bonchev–Trinajstić information content (AvgIpc) is 2.73. The molecule has 0 saturated carbocycles. The van der Waals surface area contributed by atoms with Crippen molar-refractivity contribution in [1.29, 1.82) is 0 Å². The number of carbonyl (C=O) groups is 3. The van der Waals surface area contributed by atoms with Gasteiger partial charge in [-0.2, -0.15) is 0 Å². The number of hydrogen-bond acceptors (Lipinski definition) is 9. The van der Waals surface area contributed by atoms with Crippen molar-refractivity contribution in [3.63, 3.8) is 0 Å². The Labute approximate surface area is 179 Å². The van der Waals surface area contributed by atoms with Gasteiger partial charge in [-0.05, 0) is 12.0 Å². The number of aliphatic hydroxyl groups is 4. The van der Waals surface area contributed by atoms with E-state index in [4.69, 9.17) is 16.6 Å². The van der Waals surface area contributed by atoms with Gasteiger partial charge in [0.1, 0.15) is 6.10 Å². The highest BCUT2D eigenvalue weighted by molar-refractivity contribution is 5.88. The minimum Gasteiger partial charge on any atom is -0.481 e. The third-order valence-electron chi connectivity index (χ3n) is 4.96. The van der Waals surface area contributed by atoms with Crippen LogP contribution in [-0.2, 0) is 14.4 Å². The first-order valence-corrected chi connectivity index (χ1v) is 9.82. The van der Waals surface area contributed by atoms with Crippen molar-refractivity contribution < 1.29 is 39.9 Å². The predicted octanol–water partition coefficient (Wildman–Crippen LogP) is -2.01. The van der Waals surface area contributed by atoms with Gasteiger partial charge in [0.05, 0.1) is 37.1 Å². The number of ketones is 1. The zero-order valence-electron chi connectivity index (χ0n) is 17.2. The molecule has 2 unspecified atom stereocenters. The summed E-state index contributed by atoms with van der Waals surface area (Å²) in [6.07, 6.45) is -4.23. The molecule has 0 fully saturated rings. The molecule has 174 valence electrons. The highest BCUT2D eigenvalue weighted by Crippen LogP contribution is 2.21. The smallest absolute Gasteiger partial charge is 0.305 e. The van der Waals surface area contributed by atoms with Crippen molar-refractivity contribution in [3.8, 4) is 0 Å². The van der Waals surface area contributed by atoms with Gasteiger partial charge in [-0.3, -0.25) is 20.1 Å². The molecule has 0 aliphatic heterocycles. The lowest BCUT2D eigenvalue weighted by Gasteiger charge is -2.34. The molecule has 0 bridgehead atoms. The third kappa shape index (κ3) is 7.06. The molecule has 0 radical (unpaired) electrons. The molecule has 0 spiro atoms. The molecule has 0 heterocycles. The fraction of sp³-hybridized carbons (Fsp3) is 0.550. The minimum absolute atomic E-state index is 0.263. The van der Waals surface area contributed by atoms with Gasteiger partial charge in [-0.1, -0.05) is 43.7 Å². The Kier molecular flexibility index (Phi) is 10.2. The second-order valence-corrected chi connectivity index (χ2v) is 7.38. The van der Waals surface area contributed by atoms with Gasteiger partial charge < -0.3 is 36.6 Å². The summed E-state index contributed by atoms with van der Waals surface area (Å²) in [6.45, 7) is 0.868. The monoisotopic (exact) mass is 441 g/mol. The number of amides is 1. The Morgan fingerprint density at radius 1 is 1.16 bits per heavy atom. The molecular weight excluding hydrogens is 410 g/mol. The Morgan fingerprint density at radius 2 is 1.74 bits per heavy atom. The van der Waals surface area contributed by atoms with Crippen molar-refractivity contribution in [2.45, 2.75) is 56.2 Å². The summed E-state index contributed by atoms with van der Waals surface area (Å²) in [5, 5.41) is 51.9. The number of hydrogen-bond donors (Lipinski definition) is 8. The van der Waals surface area contributed by atoms with E-state index < -0.39 is 66.6 Å². The minimum atomic E-state index is -3.10. The number of benzene rings is 1. The number of carboxylic acid groups (broad SMARTS) is 1. The molecule has 11 heteroatoms. The van der Waals surface area contributed by atoms with Gasteiger partial charge in [0.25, 0.3) is 5.91 Å². The first-order valence-electron chi connectivity index (χ1n) is 9.82. The highest BCUT2D eigenvalue weighted by atomic mass is 16.4. The van der Waals surface area contributed by atoms with Crippen LogP contribution >= 0.6 is 0 Å². The van der Waals surface area contributed by atoms with Gasteiger partial charge in [0, 0.05) is 0 Å². The molecule has 1 aromatic rings. The molecule has 0 aromatic heterocycles. The SMILES string of the molecule is CCCC(N)C(=O)[C@@H](CO)[C@@H](O)[C@@H](O)[C@](N)(O)C(=O)NC(CC(=O)O)c1ccccc1. The maximum Gasteiger partial charge on any atom is 0.305 e. The van der Waals surface area contributed by atoms with Crippen molar-refractivity contribution >= 4 is 17.7 Å². The number of aliphatic carboxylic acids is 1. The molecule has 0 aliphatic rings.